The van der Waals surface area contributed by atoms with E-state index in [4.69, 9.17) is 16.3 Å². The molecule has 0 saturated carbocycles. The van der Waals surface area contributed by atoms with Crippen LogP contribution in [-0.4, -0.2) is 36.1 Å². The molecular weight excluding hydrogens is 323 g/mol. The third kappa shape index (κ3) is 4.87. The van der Waals surface area contributed by atoms with Crippen molar-refractivity contribution in [3.8, 4) is 0 Å². The summed E-state index contributed by atoms with van der Waals surface area (Å²) in [6.07, 6.45) is 0. The molecule has 2 rings (SSSR count). The molecule has 0 aliphatic rings. The van der Waals surface area contributed by atoms with Crippen molar-refractivity contribution >= 4 is 29.0 Å². The van der Waals surface area contributed by atoms with E-state index in [2.05, 4.69) is 20.6 Å². The summed E-state index contributed by atoms with van der Waals surface area (Å²) in [5, 5.41) is 5.58. The maximum absolute atomic E-state index is 13.1. The van der Waals surface area contributed by atoms with Crippen LogP contribution < -0.4 is 10.6 Å². The molecule has 2 N–H and O–H groups in total. The monoisotopic (exact) mass is 338 g/mol. The van der Waals surface area contributed by atoms with Crippen molar-refractivity contribution in [3.63, 3.8) is 0 Å². The van der Waals surface area contributed by atoms with Gasteiger partial charge in [0.1, 0.15) is 23.2 Å². The first-order valence-corrected chi connectivity index (χ1v) is 7.22. The van der Waals surface area contributed by atoms with E-state index in [0.717, 1.165) is 0 Å². The number of rotatable bonds is 6. The summed E-state index contributed by atoms with van der Waals surface area (Å²) < 4.78 is 18.1. The molecule has 0 radical (unpaired) electrons. The van der Waals surface area contributed by atoms with E-state index in [1.165, 1.54) is 24.3 Å². The average molecular weight is 339 g/mol. The minimum absolute atomic E-state index is 0.0661. The number of anilines is 2. The molecule has 0 spiro atoms. The average Bonchev–Trinajstić information content (AvgIpc) is 2.51. The Morgan fingerprint density at radius 1 is 1.35 bits per heavy atom. The zero-order valence-electron chi connectivity index (χ0n) is 12.7. The van der Waals surface area contributed by atoms with E-state index in [1.807, 2.05) is 0 Å². The normalized spacial score (nSPS) is 10.4. The lowest BCUT2D eigenvalue weighted by molar-refractivity contribution is 0.102. The Morgan fingerprint density at radius 3 is 2.83 bits per heavy atom. The molecule has 0 atom stereocenters. The number of carbonyl (C=O) groups is 1. The molecular formula is C15H16ClFN4O2. The highest BCUT2D eigenvalue weighted by atomic mass is 35.5. The fraction of sp³-hybridized carbons (Fsp3) is 0.267. The van der Waals surface area contributed by atoms with Crippen LogP contribution in [0.5, 0.6) is 0 Å². The van der Waals surface area contributed by atoms with E-state index in [9.17, 15) is 9.18 Å². The van der Waals surface area contributed by atoms with Crippen molar-refractivity contribution in [2.45, 2.75) is 6.92 Å². The molecule has 0 fully saturated rings. The standard InChI is InChI=1S/C15H16ClFN4O2/c1-9-19-13(8-14(20-9)18-5-6-23-2)15(22)21-10-3-4-12(17)11(16)7-10/h3-4,7-8H,5-6H2,1-2H3,(H,21,22)(H,18,19,20). The molecule has 1 aromatic heterocycles. The Kier molecular flexibility index (Phi) is 5.84. The van der Waals surface area contributed by atoms with Crippen molar-refractivity contribution in [1.82, 2.24) is 9.97 Å². The number of carbonyl (C=O) groups excluding carboxylic acids is 1. The lowest BCUT2D eigenvalue weighted by atomic mass is 10.3. The van der Waals surface area contributed by atoms with E-state index in [0.29, 0.717) is 30.5 Å². The maximum atomic E-state index is 13.1. The van der Waals surface area contributed by atoms with Gasteiger partial charge in [-0.15, -0.1) is 0 Å². The molecule has 0 aliphatic heterocycles. The van der Waals surface area contributed by atoms with Gasteiger partial charge >= 0.3 is 0 Å². The predicted molar refractivity (Wildman–Crippen MR) is 86.5 cm³/mol. The van der Waals surface area contributed by atoms with Crippen molar-refractivity contribution < 1.29 is 13.9 Å². The fourth-order valence-electron chi connectivity index (χ4n) is 1.82. The number of nitrogens with zero attached hydrogens (tertiary/aromatic N) is 2. The van der Waals surface area contributed by atoms with Gasteiger partial charge < -0.3 is 15.4 Å². The summed E-state index contributed by atoms with van der Waals surface area (Å²) in [6.45, 7) is 2.76. The lowest BCUT2D eigenvalue weighted by Gasteiger charge is -2.09. The van der Waals surface area contributed by atoms with Crippen LogP contribution in [0, 0.1) is 12.7 Å². The summed E-state index contributed by atoms with van der Waals surface area (Å²) in [6, 6.07) is 5.47. The number of halogens is 2. The largest absolute Gasteiger partial charge is 0.383 e. The molecule has 122 valence electrons. The van der Waals surface area contributed by atoms with Gasteiger partial charge in [0.2, 0.25) is 0 Å². The Hall–Kier alpha value is -2.25. The molecule has 0 aliphatic carbocycles. The third-order valence-corrected chi connectivity index (χ3v) is 3.15. The van der Waals surface area contributed by atoms with Gasteiger partial charge in [0.25, 0.3) is 5.91 Å². The molecule has 2 aromatic rings. The van der Waals surface area contributed by atoms with Gasteiger partial charge in [0.05, 0.1) is 11.6 Å². The van der Waals surface area contributed by atoms with Gasteiger partial charge in [-0.25, -0.2) is 14.4 Å². The van der Waals surface area contributed by atoms with Crippen LogP contribution in [-0.2, 0) is 4.74 Å². The van der Waals surface area contributed by atoms with Crippen LogP contribution in [0.4, 0.5) is 15.9 Å². The number of hydrogen-bond acceptors (Lipinski definition) is 5. The molecule has 1 amide bonds. The van der Waals surface area contributed by atoms with Crippen molar-refractivity contribution in [1.29, 1.82) is 0 Å². The summed E-state index contributed by atoms with van der Waals surface area (Å²) in [7, 11) is 1.60. The van der Waals surface area contributed by atoms with Gasteiger partial charge in [0.15, 0.2) is 0 Å². The minimum atomic E-state index is -0.549. The summed E-state index contributed by atoms with van der Waals surface area (Å²) in [4.78, 5) is 20.5. The lowest BCUT2D eigenvalue weighted by Crippen LogP contribution is -2.16. The van der Waals surface area contributed by atoms with Crippen LogP contribution in [0.15, 0.2) is 24.3 Å². The van der Waals surface area contributed by atoms with Crippen LogP contribution in [0.25, 0.3) is 0 Å². The number of amides is 1. The summed E-state index contributed by atoms with van der Waals surface area (Å²) >= 11 is 5.69. The zero-order chi connectivity index (χ0) is 16.8. The van der Waals surface area contributed by atoms with Gasteiger partial charge in [-0.05, 0) is 25.1 Å². The molecule has 1 aromatic carbocycles. The molecule has 8 heteroatoms. The highest BCUT2D eigenvalue weighted by molar-refractivity contribution is 6.31. The van der Waals surface area contributed by atoms with Crippen LogP contribution in [0.1, 0.15) is 16.3 Å². The first-order valence-electron chi connectivity index (χ1n) is 6.84. The minimum Gasteiger partial charge on any atom is -0.383 e. The smallest absolute Gasteiger partial charge is 0.274 e. The quantitative estimate of drug-likeness (QED) is 0.792. The van der Waals surface area contributed by atoms with Gasteiger partial charge in [-0.1, -0.05) is 11.6 Å². The molecule has 0 unspecified atom stereocenters. The highest BCUT2D eigenvalue weighted by Crippen LogP contribution is 2.20. The number of ether oxygens (including phenoxy) is 1. The molecule has 0 saturated heterocycles. The Morgan fingerprint density at radius 2 is 2.13 bits per heavy atom. The number of nitrogens with one attached hydrogen (secondary N) is 2. The van der Waals surface area contributed by atoms with Gasteiger partial charge in [-0.2, -0.15) is 0 Å². The van der Waals surface area contributed by atoms with Crippen molar-refractivity contribution in [3.05, 3.63) is 46.6 Å². The molecule has 0 bridgehead atoms. The second kappa shape index (κ2) is 7.85. The summed E-state index contributed by atoms with van der Waals surface area (Å²) in [5.41, 5.74) is 0.574. The highest BCUT2D eigenvalue weighted by Gasteiger charge is 2.12. The van der Waals surface area contributed by atoms with Crippen LogP contribution >= 0.6 is 11.6 Å². The number of methoxy groups -OCH3 is 1. The van der Waals surface area contributed by atoms with E-state index in [1.54, 1.807) is 14.0 Å². The Balaban J connectivity index is 2.13. The third-order valence-electron chi connectivity index (χ3n) is 2.86. The van der Waals surface area contributed by atoms with E-state index < -0.39 is 11.7 Å². The summed E-state index contributed by atoms with van der Waals surface area (Å²) in [5.74, 6) is -0.00770. The Labute approximate surface area is 138 Å². The molecule has 23 heavy (non-hydrogen) atoms. The zero-order valence-corrected chi connectivity index (χ0v) is 13.4. The molecule has 6 nitrogen and oxygen atoms in total. The van der Waals surface area contributed by atoms with Gasteiger partial charge in [0, 0.05) is 25.4 Å². The predicted octanol–water partition coefficient (Wildman–Crippen LogP) is 2.89. The van der Waals surface area contributed by atoms with E-state index >= 15 is 0 Å². The number of benzene rings is 1. The van der Waals surface area contributed by atoms with E-state index in [-0.39, 0.29) is 10.7 Å². The van der Waals surface area contributed by atoms with Crippen molar-refractivity contribution in [2.24, 2.45) is 0 Å². The van der Waals surface area contributed by atoms with Crippen LogP contribution in [0.3, 0.4) is 0 Å². The SMILES string of the molecule is COCCNc1cc(C(=O)Nc2ccc(F)c(Cl)c2)nc(C)n1. The fourth-order valence-corrected chi connectivity index (χ4v) is 2.01. The number of hydrogen-bond donors (Lipinski definition) is 2. The van der Waals surface area contributed by atoms with Crippen molar-refractivity contribution in [2.75, 3.05) is 30.9 Å². The topological polar surface area (TPSA) is 76.1 Å². The number of aromatic nitrogens is 2. The second-order valence-electron chi connectivity index (χ2n) is 4.69. The second-order valence-corrected chi connectivity index (χ2v) is 5.10. The molecule has 1 heterocycles. The van der Waals surface area contributed by atoms with Crippen LogP contribution in [0.2, 0.25) is 5.02 Å². The van der Waals surface area contributed by atoms with Gasteiger partial charge in [-0.3, -0.25) is 4.79 Å². The first kappa shape index (κ1) is 17.1. The maximum Gasteiger partial charge on any atom is 0.274 e. The Bertz CT molecular complexity index is 712. The first-order chi connectivity index (χ1) is 11.0. The number of aryl methyl sites for hydroxylation is 1.